The van der Waals surface area contributed by atoms with Gasteiger partial charge in [-0.05, 0) is 31.2 Å². The summed E-state index contributed by atoms with van der Waals surface area (Å²) in [5.41, 5.74) is 2.60. The van der Waals surface area contributed by atoms with Crippen molar-refractivity contribution in [1.82, 2.24) is 0 Å². The number of hydrogen-bond acceptors (Lipinski definition) is 0. The van der Waals surface area contributed by atoms with Crippen LogP contribution in [-0.4, -0.2) is 0 Å². The van der Waals surface area contributed by atoms with Crippen molar-refractivity contribution in [2.24, 2.45) is 5.92 Å². The van der Waals surface area contributed by atoms with Crippen LogP contribution in [-0.2, 0) is 0 Å². The lowest BCUT2D eigenvalue weighted by Gasteiger charge is -2.16. The van der Waals surface area contributed by atoms with Crippen molar-refractivity contribution in [2.45, 2.75) is 38.0 Å². The molecule has 0 N–H and O–H groups in total. The fourth-order valence-corrected chi connectivity index (χ4v) is 2.67. The minimum Gasteiger partial charge on any atom is -0.118 e. The molecule has 1 heteroatoms. The van der Waals surface area contributed by atoms with Gasteiger partial charge in [-0.3, -0.25) is 0 Å². The van der Waals surface area contributed by atoms with E-state index in [0.29, 0.717) is 5.92 Å². The molecule has 0 nitrogen and oxygen atoms in total. The number of hydrogen-bond donors (Lipinski definition) is 0. The van der Waals surface area contributed by atoms with Gasteiger partial charge in [-0.1, -0.05) is 42.7 Å². The van der Waals surface area contributed by atoms with E-state index in [1.807, 2.05) is 0 Å². The molecule has 1 aliphatic carbocycles. The molecule has 1 aromatic carbocycles. The third-order valence-corrected chi connectivity index (χ3v) is 3.82. The molecule has 1 aromatic rings. The predicted octanol–water partition coefficient (Wildman–Crippen LogP) is 4.47. The minimum absolute atomic E-state index is 0.234. The lowest BCUT2D eigenvalue weighted by atomic mass is 9.97. The highest BCUT2D eigenvalue weighted by Crippen LogP contribution is 2.39. The Labute approximate surface area is 91.3 Å². The van der Waals surface area contributed by atoms with Crippen molar-refractivity contribution < 1.29 is 0 Å². The van der Waals surface area contributed by atoms with E-state index in [-0.39, 0.29) is 5.38 Å². The van der Waals surface area contributed by atoms with Crippen LogP contribution in [0.4, 0.5) is 0 Å². The zero-order chi connectivity index (χ0) is 9.97. The van der Waals surface area contributed by atoms with E-state index in [9.17, 15) is 0 Å². The van der Waals surface area contributed by atoms with Gasteiger partial charge in [0, 0.05) is 0 Å². The fourth-order valence-electron chi connectivity index (χ4n) is 2.27. The summed E-state index contributed by atoms with van der Waals surface area (Å²) in [7, 11) is 0. The highest BCUT2D eigenvalue weighted by molar-refractivity contribution is 6.21. The standard InChI is InChI=1S/C13H17Cl/c1-10-6-8-12(9-7-10)13(14)11-4-2-3-5-11/h6-9,11,13H,2-5H2,1H3. The van der Waals surface area contributed by atoms with Crippen LogP contribution in [0.25, 0.3) is 0 Å². The molecule has 14 heavy (non-hydrogen) atoms. The average Bonchev–Trinajstić information content (AvgIpc) is 2.71. The van der Waals surface area contributed by atoms with Gasteiger partial charge in [0.15, 0.2) is 0 Å². The molecule has 0 amide bonds. The van der Waals surface area contributed by atoms with Crippen molar-refractivity contribution in [2.75, 3.05) is 0 Å². The van der Waals surface area contributed by atoms with E-state index in [4.69, 9.17) is 11.6 Å². The molecule has 0 aromatic heterocycles. The van der Waals surface area contributed by atoms with Gasteiger partial charge in [0.25, 0.3) is 0 Å². The molecule has 2 rings (SSSR count). The zero-order valence-corrected chi connectivity index (χ0v) is 9.43. The molecule has 0 aliphatic heterocycles. The topological polar surface area (TPSA) is 0 Å². The number of rotatable bonds is 2. The molecule has 0 radical (unpaired) electrons. The second-order valence-electron chi connectivity index (χ2n) is 4.36. The molecular weight excluding hydrogens is 192 g/mol. The first-order chi connectivity index (χ1) is 6.77. The number of alkyl halides is 1. The second kappa shape index (κ2) is 4.35. The number of halogens is 1. The summed E-state index contributed by atoms with van der Waals surface area (Å²) in [5, 5.41) is 0.234. The summed E-state index contributed by atoms with van der Waals surface area (Å²) in [6, 6.07) is 8.65. The second-order valence-corrected chi connectivity index (χ2v) is 4.83. The first kappa shape index (κ1) is 10.0. The third kappa shape index (κ3) is 2.12. The normalized spacial score (nSPS) is 19.9. The Kier molecular flexibility index (Phi) is 3.12. The lowest BCUT2D eigenvalue weighted by Crippen LogP contribution is -2.03. The van der Waals surface area contributed by atoms with Crippen LogP contribution in [0.1, 0.15) is 42.2 Å². The summed E-state index contributed by atoms with van der Waals surface area (Å²) in [4.78, 5) is 0. The van der Waals surface area contributed by atoms with Gasteiger partial charge in [0.1, 0.15) is 0 Å². The molecule has 1 saturated carbocycles. The Morgan fingerprint density at radius 1 is 1.14 bits per heavy atom. The van der Waals surface area contributed by atoms with Crippen LogP contribution < -0.4 is 0 Å². The largest absolute Gasteiger partial charge is 0.118 e. The van der Waals surface area contributed by atoms with E-state index < -0.39 is 0 Å². The average molecular weight is 209 g/mol. The van der Waals surface area contributed by atoms with Gasteiger partial charge in [0.05, 0.1) is 5.38 Å². The third-order valence-electron chi connectivity index (χ3n) is 3.21. The molecule has 76 valence electrons. The Morgan fingerprint density at radius 3 is 2.29 bits per heavy atom. The first-order valence-electron chi connectivity index (χ1n) is 5.48. The monoisotopic (exact) mass is 208 g/mol. The molecule has 1 fully saturated rings. The Morgan fingerprint density at radius 2 is 1.71 bits per heavy atom. The van der Waals surface area contributed by atoms with E-state index in [0.717, 1.165) is 0 Å². The fraction of sp³-hybridized carbons (Fsp3) is 0.538. The molecule has 0 bridgehead atoms. The van der Waals surface area contributed by atoms with Gasteiger partial charge < -0.3 is 0 Å². The van der Waals surface area contributed by atoms with E-state index in [2.05, 4.69) is 31.2 Å². The van der Waals surface area contributed by atoms with Gasteiger partial charge in [-0.15, -0.1) is 11.6 Å². The maximum Gasteiger partial charge on any atom is 0.0613 e. The van der Waals surface area contributed by atoms with Gasteiger partial charge >= 0.3 is 0 Å². The molecule has 1 aliphatic rings. The van der Waals surface area contributed by atoms with Crippen molar-refractivity contribution in [3.63, 3.8) is 0 Å². The van der Waals surface area contributed by atoms with Crippen molar-refractivity contribution in [3.8, 4) is 0 Å². The van der Waals surface area contributed by atoms with Crippen LogP contribution in [0.3, 0.4) is 0 Å². The maximum absolute atomic E-state index is 6.46. The zero-order valence-electron chi connectivity index (χ0n) is 8.67. The molecule has 0 spiro atoms. The summed E-state index contributed by atoms with van der Waals surface area (Å²) < 4.78 is 0. The van der Waals surface area contributed by atoms with Crippen LogP contribution in [0, 0.1) is 12.8 Å². The summed E-state index contributed by atoms with van der Waals surface area (Å²) in [6.45, 7) is 2.11. The Bertz CT molecular complexity index is 283. The Balaban J connectivity index is 2.09. The minimum atomic E-state index is 0.234. The van der Waals surface area contributed by atoms with Crippen LogP contribution in [0.2, 0.25) is 0 Å². The van der Waals surface area contributed by atoms with Crippen molar-refractivity contribution >= 4 is 11.6 Å². The molecule has 0 heterocycles. The smallest absolute Gasteiger partial charge is 0.0613 e. The molecule has 1 atom stereocenters. The van der Waals surface area contributed by atoms with E-state index in [1.165, 1.54) is 36.8 Å². The summed E-state index contributed by atoms with van der Waals surface area (Å²) >= 11 is 6.46. The van der Waals surface area contributed by atoms with Gasteiger partial charge in [-0.25, -0.2) is 0 Å². The summed E-state index contributed by atoms with van der Waals surface area (Å²) in [6.07, 6.45) is 5.34. The molecule has 1 unspecified atom stereocenters. The summed E-state index contributed by atoms with van der Waals surface area (Å²) in [5.74, 6) is 0.708. The molecule has 0 saturated heterocycles. The first-order valence-corrected chi connectivity index (χ1v) is 5.91. The van der Waals surface area contributed by atoms with Crippen molar-refractivity contribution in [1.29, 1.82) is 0 Å². The van der Waals surface area contributed by atoms with E-state index in [1.54, 1.807) is 0 Å². The highest BCUT2D eigenvalue weighted by atomic mass is 35.5. The Hall–Kier alpha value is -0.490. The predicted molar refractivity (Wildman–Crippen MR) is 61.7 cm³/mol. The van der Waals surface area contributed by atoms with Crippen LogP contribution >= 0.6 is 11.6 Å². The highest BCUT2D eigenvalue weighted by Gasteiger charge is 2.24. The van der Waals surface area contributed by atoms with Gasteiger partial charge in [-0.2, -0.15) is 0 Å². The van der Waals surface area contributed by atoms with Gasteiger partial charge in [0.2, 0.25) is 0 Å². The molecular formula is C13H17Cl. The van der Waals surface area contributed by atoms with E-state index >= 15 is 0 Å². The van der Waals surface area contributed by atoms with Crippen LogP contribution in [0.5, 0.6) is 0 Å². The van der Waals surface area contributed by atoms with Crippen molar-refractivity contribution in [3.05, 3.63) is 35.4 Å². The van der Waals surface area contributed by atoms with Crippen LogP contribution in [0.15, 0.2) is 24.3 Å². The number of aryl methyl sites for hydroxylation is 1. The maximum atomic E-state index is 6.46. The lowest BCUT2D eigenvalue weighted by molar-refractivity contribution is 0.529. The SMILES string of the molecule is Cc1ccc(C(Cl)C2CCCC2)cc1. The quantitative estimate of drug-likeness (QED) is 0.630. The number of benzene rings is 1.